The quantitative estimate of drug-likeness (QED) is 0.510. The highest BCUT2D eigenvalue weighted by molar-refractivity contribution is 8.93. The van der Waals surface area contributed by atoms with Crippen molar-refractivity contribution in [3.05, 3.63) is 57.6 Å². The number of likely N-dealkylation sites (N-methyl/N-ethyl adjacent to an activating group) is 1. The molecule has 8 heteroatoms. The van der Waals surface area contributed by atoms with Crippen LogP contribution >= 0.6 is 17.0 Å². The molecule has 0 aliphatic carbocycles. The molecule has 2 N–H and O–H groups in total. The van der Waals surface area contributed by atoms with Gasteiger partial charge in [0.05, 0.1) is 26.2 Å². The molecule has 4 rings (SSSR count). The lowest BCUT2D eigenvalue weighted by Crippen LogP contribution is -2.30. The minimum Gasteiger partial charge on any atom is -0.494 e. The van der Waals surface area contributed by atoms with Gasteiger partial charge in [-0.05, 0) is 47.7 Å². The molecule has 0 spiro atoms. The van der Waals surface area contributed by atoms with E-state index in [9.17, 15) is 9.59 Å². The fourth-order valence-electron chi connectivity index (χ4n) is 4.59. The van der Waals surface area contributed by atoms with E-state index in [1.165, 1.54) is 0 Å². The van der Waals surface area contributed by atoms with Gasteiger partial charge in [-0.15, -0.1) is 17.0 Å². The Morgan fingerprint density at radius 2 is 1.91 bits per heavy atom. The van der Waals surface area contributed by atoms with Crippen molar-refractivity contribution in [3.8, 4) is 11.5 Å². The van der Waals surface area contributed by atoms with E-state index in [0.29, 0.717) is 36.9 Å². The van der Waals surface area contributed by atoms with Crippen LogP contribution < -0.4 is 14.8 Å². The molecule has 2 aliphatic heterocycles. The molecular formula is C27H34BrN3O4. The van der Waals surface area contributed by atoms with Gasteiger partial charge in [0, 0.05) is 42.3 Å². The number of nitrogens with zero attached hydrogens (tertiary/aromatic N) is 1. The van der Waals surface area contributed by atoms with Gasteiger partial charge in [0.1, 0.15) is 17.3 Å². The molecule has 0 unspecified atom stereocenters. The molecule has 0 aromatic heterocycles. The Kier molecular flexibility index (Phi) is 7.94. The van der Waals surface area contributed by atoms with E-state index >= 15 is 0 Å². The van der Waals surface area contributed by atoms with Crippen LogP contribution in [0, 0.1) is 5.41 Å². The number of carbonyl (C=O) groups is 2. The predicted molar refractivity (Wildman–Crippen MR) is 142 cm³/mol. The third kappa shape index (κ3) is 5.37. The molecule has 35 heavy (non-hydrogen) atoms. The van der Waals surface area contributed by atoms with Gasteiger partial charge in [-0.1, -0.05) is 20.8 Å². The van der Waals surface area contributed by atoms with Gasteiger partial charge < -0.3 is 19.7 Å². The average molecular weight is 544 g/mol. The van der Waals surface area contributed by atoms with E-state index in [1.807, 2.05) is 31.2 Å². The zero-order valence-electron chi connectivity index (χ0n) is 21.0. The number of halogens is 1. The van der Waals surface area contributed by atoms with E-state index in [0.717, 1.165) is 40.0 Å². The van der Waals surface area contributed by atoms with Crippen LogP contribution in [0.5, 0.6) is 11.5 Å². The topological polar surface area (TPSA) is 91.7 Å². The lowest BCUT2D eigenvalue weighted by Gasteiger charge is -2.23. The highest BCUT2D eigenvalue weighted by atomic mass is 79.9. The number of fused-ring (bicyclic) bond motifs is 2. The maximum atomic E-state index is 13.3. The second kappa shape index (κ2) is 10.4. The second-order valence-electron chi connectivity index (χ2n) is 9.89. The van der Waals surface area contributed by atoms with Crippen molar-refractivity contribution in [2.75, 3.05) is 26.8 Å². The van der Waals surface area contributed by atoms with Crippen LogP contribution in [0.25, 0.3) is 0 Å². The first-order chi connectivity index (χ1) is 16.1. The predicted octanol–water partition coefficient (Wildman–Crippen LogP) is 4.21. The van der Waals surface area contributed by atoms with E-state index in [4.69, 9.17) is 14.9 Å². The van der Waals surface area contributed by atoms with Crippen molar-refractivity contribution in [2.24, 2.45) is 0 Å². The molecule has 2 heterocycles. The summed E-state index contributed by atoms with van der Waals surface area (Å²) in [5.74, 6) is 1.72. The Bertz CT molecular complexity index is 1170. The summed E-state index contributed by atoms with van der Waals surface area (Å²) in [5.41, 5.74) is 5.06. The Balaban J connectivity index is 0.00000342. The lowest BCUT2D eigenvalue weighted by molar-refractivity contribution is -0.119. The molecule has 1 amide bonds. The van der Waals surface area contributed by atoms with Gasteiger partial charge in [0.2, 0.25) is 5.91 Å². The van der Waals surface area contributed by atoms with Crippen LogP contribution in [0.15, 0.2) is 24.3 Å². The molecular weight excluding hydrogens is 510 g/mol. The van der Waals surface area contributed by atoms with Crippen LogP contribution in [0.2, 0.25) is 0 Å². The normalized spacial score (nSPS) is 14.1. The fourth-order valence-corrected chi connectivity index (χ4v) is 4.59. The maximum absolute atomic E-state index is 13.3. The van der Waals surface area contributed by atoms with Crippen molar-refractivity contribution in [1.82, 2.24) is 10.2 Å². The van der Waals surface area contributed by atoms with Crippen molar-refractivity contribution >= 4 is 34.5 Å². The smallest absolute Gasteiger partial charge is 0.224 e. The lowest BCUT2D eigenvalue weighted by atomic mass is 9.83. The highest BCUT2D eigenvalue weighted by Crippen LogP contribution is 2.39. The van der Waals surface area contributed by atoms with Crippen LogP contribution in [0.4, 0.5) is 0 Å². The first kappa shape index (κ1) is 26.7. The molecule has 188 valence electrons. The summed E-state index contributed by atoms with van der Waals surface area (Å²) in [7, 11) is 1.60. The second-order valence-corrected chi connectivity index (χ2v) is 9.89. The third-order valence-electron chi connectivity index (χ3n) is 6.40. The summed E-state index contributed by atoms with van der Waals surface area (Å²) in [6, 6.07) is 7.66. The minimum atomic E-state index is -0.141. The molecule has 0 saturated carbocycles. The molecule has 0 fully saturated rings. The van der Waals surface area contributed by atoms with Crippen LogP contribution in [-0.2, 0) is 29.6 Å². The minimum absolute atomic E-state index is 0. The number of amides is 1. The highest BCUT2D eigenvalue weighted by Gasteiger charge is 2.30. The molecule has 2 aromatic rings. The number of benzene rings is 2. The summed E-state index contributed by atoms with van der Waals surface area (Å²) in [6.45, 7) is 9.97. The molecule has 0 saturated heterocycles. The maximum Gasteiger partial charge on any atom is 0.224 e. The van der Waals surface area contributed by atoms with E-state index in [-0.39, 0.29) is 47.1 Å². The van der Waals surface area contributed by atoms with Crippen LogP contribution in [-0.4, -0.2) is 49.2 Å². The van der Waals surface area contributed by atoms with Crippen molar-refractivity contribution in [1.29, 1.82) is 5.41 Å². The van der Waals surface area contributed by atoms with E-state index in [2.05, 4.69) is 26.1 Å². The largest absolute Gasteiger partial charge is 0.494 e. The fraction of sp³-hybridized carbons (Fsp3) is 0.444. The standard InChI is InChI=1S/C27H33N3O4.BrH/c1-6-33-23-12-19-14-30(26(28)20(19)10-18(23)13-24(32)29-5)15-22(31)17-9-16-7-8-34-25(16)21(11-17)27(2,3)4;/h9-12,28H,6-8,13-15H2,1-5H3,(H,29,32);1H. The Morgan fingerprint density at radius 1 is 1.17 bits per heavy atom. The average Bonchev–Trinajstić information content (AvgIpc) is 3.37. The summed E-state index contributed by atoms with van der Waals surface area (Å²) >= 11 is 0. The Morgan fingerprint density at radius 3 is 2.57 bits per heavy atom. The number of Topliss-reactive ketones (excluding diaryl/α,β-unsaturated/α-hetero) is 1. The summed E-state index contributed by atoms with van der Waals surface area (Å²) in [5, 5.41) is 11.4. The zero-order chi connectivity index (χ0) is 24.6. The molecule has 0 bridgehead atoms. The van der Waals surface area contributed by atoms with E-state index < -0.39 is 0 Å². The number of nitrogens with one attached hydrogen (secondary N) is 2. The number of ketones is 1. The number of hydrogen-bond acceptors (Lipinski definition) is 5. The number of carbonyl (C=O) groups excluding carboxylic acids is 2. The molecule has 2 aromatic carbocycles. The van der Waals surface area contributed by atoms with Gasteiger partial charge >= 0.3 is 0 Å². The summed E-state index contributed by atoms with van der Waals surface area (Å²) in [4.78, 5) is 27.1. The van der Waals surface area contributed by atoms with Gasteiger partial charge in [0.15, 0.2) is 5.78 Å². The number of amidine groups is 1. The first-order valence-electron chi connectivity index (χ1n) is 11.8. The number of hydrogen-bond donors (Lipinski definition) is 2. The van der Waals surface area contributed by atoms with Crippen molar-refractivity contribution < 1.29 is 19.1 Å². The SMILES string of the molecule is Br.CCOc1cc2c(cc1CC(=O)NC)C(=N)N(CC(=O)c1cc3c(c(C(C)(C)C)c1)OCC3)C2. The van der Waals surface area contributed by atoms with E-state index in [1.54, 1.807) is 11.9 Å². The van der Waals surface area contributed by atoms with Gasteiger partial charge in [0.25, 0.3) is 0 Å². The summed E-state index contributed by atoms with van der Waals surface area (Å²) < 4.78 is 11.6. The Labute approximate surface area is 217 Å². The van der Waals surface area contributed by atoms with Crippen molar-refractivity contribution in [2.45, 2.75) is 52.5 Å². The number of ether oxygens (including phenoxy) is 2. The monoisotopic (exact) mass is 543 g/mol. The van der Waals surface area contributed by atoms with Crippen molar-refractivity contribution in [3.63, 3.8) is 0 Å². The Hall–Kier alpha value is -2.87. The molecule has 0 radical (unpaired) electrons. The zero-order valence-corrected chi connectivity index (χ0v) is 22.8. The van der Waals surface area contributed by atoms with Gasteiger partial charge in [-0.2, -0.15) is 0 Å². The van der Waals surface area contributed by atoms with Crippen LogP contribution in [0.1, 0.15) is 65.9 Å². The molecule has 7 nitrogen and oxygen atoms in total. The molecule has 0 atom stereocenters. The van der Waals surface area contributed by atoms with Crippen LogP contribution in [0.3, 0.4) is 0 Å². The van der Waals surface area contributed by atoms with Gasteiger partial charge in [-0.25, -0.2) is 0 Å². The first-order valence-corrected chi connectivity index (χ1v) is 11.8. The summed E-state index contributed by atoms with van der Waals surface area (Å²) in [6.07, 6.45) is 0.983. The third-order valence-corrected chi connectivity index (χ3v) is 6.40. The molecule has 2 aliphatic rings. The number of rotatable bonds is 7. The van der Waals surface area contributed by atoms with Gasteiger partial charge in [-0.3, -0.25) is 15.0 Å².